The molecule has 1 atom stereocenters. The van der Waals surface area contributed by atoms with Gasteiger partial charge in [-0.1, -0.05) is 26.2 Å². The zero-order valence-corrected chi connectivity index (χ0v) is 12.5. The molecule has 0 spiro atoms. The summed E-state index contributed by atoms with van der Waals surface area (Å²) >= 11 is 0. The smallest absolute Gasteiger partial charge is 0.305 e. The maximum absolute atomic E-state index is 11.4. The second-order valence-corrected chi connectivity index (χ2v) is 5.32. The second-order valence-electron chi connectivity index (χ2n) is 5.32. The van der Waals surface area contributed by atoms with Crippen molar-refractivity contribution in [3.05, 3.63) is 0 Å². The molecule has 0 aliphatic rings. The Hall–Kier alpha value is -1.10. The fourth-order valence-corrected chi connectivity index (χ4v) is 1.89. The summed E-state index contributed by atoms with van der Waals surface area (Å²) in [5.74, 6) is -0.706. The molecular weight excluding hydrogens is 260 g/mol. The SMILES string of the molecule is CC(CCCCCCO)COC(=O)CCCCC(=O)O. The molecule has 0 aromatic carbocycles. The van der Waals surface area contributed by atoms with Gasteiger partial charge < -0.3 is 14.9 Å². The van der Waals surface area contributed by atoms with Crippen LogP contribution in [0.15, 0.2) is 0 Å². The van der Waals surface area contributed by atoms with E-state index in [9.17, 15) is 9.59 Å². The Morgan fingerprint density at radius 2 is 1.65 bits per heavy atom. The molecule has 0 bridgehead atoms. The fourth-order valence-electron chi connectivity index (χ4n) is 1.89. The lowest BCUT2D eigenvalue weighted by molar-refractivity contribution is -0.145. The van der Waals surface area contributed by atoms with Crippen LogP contribution in [0.3, 0.4) is 0 Å². The topological polar surface area (TPSA) is 83.8 Å². The molecule has 0 radical (unpaired) electrons. The number of carbonyl (C=O) groups is 2. The predicted molar refractivity (Wildman–Crippen MR) is 76.4 cm³/mol. The predicted octanol–water partition coefficient (Wildman–Crippen LogP) is 2.75. The molecule has 0 aliphatic heterocycles. The lowest BCUT2D eigenvalue weighted by atomic mass is 10.0. The van der Waals surface area contributed by atoms with E-state index >= 15 is 0 Å². The van der Waals surface area contributed by atoms with E-state index in [-0.39, 0.29) is 19.0 Å². The normalized spacial score (nSPS) is 12.1. The molecule has 0 amide bonds. The molecule has 1 unspecified atom stereocenters. The van der Waals surface area contributed by atoms with Crippen LogP contribution >= 0.6 is 0 Å². The minimum atomic E-state index is -0.826. The first kappa shape index (κ1) is 18.9. The number of aliphatic hydroxyl groups is 1. The van der Waals surface area contributed by atoms with Gasteiger partial charge in [0.2, 0.25) is 0 Å². The first-order chi connectivity index (χ1) is 9.56. The first-order valence-corrected chi connectivity index (χ1v) is 7.54. The summed E-state index contributed by atoms with van der Waals surface area (Å²) < 4.78 is 5.16. The van der Waals surface area contributed by atoms with Gasteiger partial charge in [-0.05, 0) is 31.6 Å². The van der Waals surface area contributed by atoms with E-state index in [1.54, 1.807) is 0 Å². The molecule has 5 heteroatoms. The lowest BCUT2D eigenvalue weighted by Gasteiger charge is -2.11. The van der Waals surface area contributed by atoms with Crippen LogP contribution in [0.4, 0.5) is 0 Å². The van der Waals surface area contributed by atoms with Crippen molar-refractivity contribution in [3.8, 4) is 0 Å². The summed E-state index contributed by atoms with van der Waals surface area (Å²) in [6.45, 7) is 2.76. The highest BCUT2D eigenvalue weighted by atomic mass is 16.5. The lowest BCUT2D eigenvalue weighted by Crippen LogP contribution is -2.12. The van der Waals surface area contributed by atoms with E-state index in [0.29, 0.717) is 31.8 Å². The Morgan fingerprint density at radius 3 is 2.30 bits per heavy atom. The van der Waals surface area contributed by atoms with Crippen LogP contribution < -0.4 is 0 Å². The first-order valence-electron chi connectivity index (χ1n) is 7.54. The van der Waals surface area contributed by atoms with Gasteiger partial charge in [-0.2, -0.15) is 0 Å². The van der Waals surface area contributed by atoms with E-state index in [2.05, 4.69) is 6.92 Å². The summed E-state index contributed by atoms with van der Waals surface area (Å²) in [4.78, 5) is 21.7. The summed E-state index contributed by atoms with van der Waals surface area (Å²) in [5, 5.41) is 17.1. The minimum absolute atomic E-state index is 0.109. The zero-order valence-electron chi connectivity index (χ0n) is 12.5. The molecule has 20 heavy (non-hydrogen) atoms. The molecule has 0 aliphatic carbocycles. The van der Waals surface area contributed by atoms with Crippen molar-refractivity contribution in [1.29, 1.82) is 0 Å². The van der Waals surface area contributed by atoms with Gasteiger partial charge >= 0.3 is 11.9 Å². The molecule has 2 N–H and O–H groups in total. The van der Waals surface area contributed by atoms with Crippen molar-refractivity contribution in [1.82, 2.24) is 0 Å². The van der Waals surface area contributed by atoms with E-state index in [0.717, 1.165) is 32.1 Å². The van der Waals surface area contributed by atoms with Crippen LogP contribution in [-0.2, 0) is 14.3 Å². The van der Waals surface area contributed by atoms with Gasteiger partial charge in [0.25, 0.3) is 0 Å². The number of esters is 1. The molecule has 0 aromatic heterocycles. The van der Waals surface area contributed by atoms with Gasteiger partial charge in [-0.15, -0.1) is 0 Å². The van der Waals surface area contributed by atoms with Gasteiger partial charge in [-0.3, -0.25) is 9.59 Å². The quantitative estimate of drug-likeness (QED) is 0.402. The summed E-state index contributed by atoms with van der Waals surface area (Å²) in [6, 6.07) is 0. The van der Waals surface area contributed by atoms with Gasteiger partial charge in [0.05, 0.1) is 6.61 Å². The highest BCUT2D eigenvalue weighted by Crippen LogP contribution is 2.11. The van der Waals surface area contributed by atoms with Gasteiger partial charge in [-0.25, -0.2) is 0 Å². The molecule has 0 rings (SSSR count). The van der Waals surface area contributed by atoms with Crippen molar-refractivity contribution in [2.45, 2.75) is 64.7 Å². The van der Waals surface area contributed by atoms with Crippen LogP contribution in [0.25, 0.3) is 0 Å². The molecule has 0 heterocycles. The molecule has 0 aromatic rings. The third kappa shape index (κ3) is 13.3. The molecule has 0 saturated heterocycles. The third-order valence-corrected chi connectivity index (χ3v) is 3.16. The number of unbranched alkanes of at least 4 members (excludes halogenated alkanes) is 4. The average Bonchev–Trinajstić information content (AvgIpc) is 2.41. The van der Waals surface area contributed by atoms with Gasteiger partial charge in [0, 0.05) is 19.4 Å². The van der Waals surface area contributed by atoms with Crippen molar-refractivity contribution >= 4 is 11.9 Å². The number of aliphatic hydroxyl groups excluding tert-OH is 1. The largest absolute Gasteiger partial charge is 0.481 e. The van der Waals surface area contributed by atoms with Gasteiger partial charge in [0.1, 0.15) is 0 Å². The van der Waals surface area contributed by atoms with E-state index < -0.39 is 5.97 Å². The Bertz CT molecular complexity index is 265. The Balaban J connectivity index is 3.41. The minimum Gasteiger partial charge on any atom is -0.481 e. The monoisotopic (exact) mass is 288 g/mol. The van der Waals surface area contributed by atoms with Crippen molar-refractivity contribution in [3.63, 3.8) is 0 Å². The Morgan fingerprint density at radius 1 is 1.00 bits per heavy atom. The molecule has 5 nitrogen and oxygen atoms in total. The number of aliphatic carboxylic acids is 1. The number of carboxylic acids is 1. The number of carboxylic acid groups (broad SMARTS) is 1. The maximum Gasteiger partial charge on any atom is 0.305 e. The number of ether oxygens (including phenoxy) is 1. The van der Waals surface area contributed by atoms with E-state index in [4.69, 9.17) is 14.9 Å². The fraction of sp³-hybridized carbons (Fsp3) is 0.867. The number of carbonyl (C=O) groups excluding carboxylic acids is 1. The van der Waals surface area contributed by atoms with Crippen LogP contribution in [0, 0.1) is 5.92 Å². The van der Waals surface area contributed by atoms with Crippen LogP contribution in [0.2, 0.25) is 0 Å². The van der Waals surface area contributed by atoms with Crippen LogP contribution in [0.5, 0.6) is 0 Å². The van der Waals surface area contributed by atoms with Crippen LogP contribution in [-0.4, -0.2) is 35.4 Å². The van der Waals surface area contributed by atoms with E-state index in [1.165, 1.54) is 0 Å². The summed E-state index contributed by atoms with van der Waals surface area (Å²) in [6.07, 6.45) is 6.63. The van der Waals surface area contributed by atoms with E-state index in [1.807, 2.05) is 0 Å². The zero-order chi connectivity index (χ0) is 15.2. The van der Waals surface area contributed by atoms with Crippen LogP contribution in [0.1, 0.15) is 64.7 Å². The molecule has 118 valence electrons. The second kappa shape index (κ2) is 12.9. The van der Waals surface area contributed by atoms with Crippen molar-refractivity contribution in [2.24, 2.45) is 5.92 Å². The van der Waals surface area contributed by atoms with Crippen molar-refractivity contribution in [2.75, 3.05) is 13.2 Å². The molecular formula is C15H28O5. The highest BCUT2D eigenvalue weighted by Gasteiger charge is 2.08. The highest BCUT2D eigenvalue weighted by molar-refractivity contribution is 5.69. The van der Waals surface area contributed by atoms with Crippen molar-refractivity contribution < 1.29 is 24.5 Å². The summed E-state index contributed by atoms with van der Waals surface area (Å²) in [7, 11) is 0. The maximum atomic E-state index is 11.4. The Kier molecular flexibility index (Phi) is 12.2. The summed E-state index contributed by atoms with van der Waals surface area (Å²) in [5.41, 5.74) is 0. The number of hydrogen-bond acceptors (Lipinski definition) is 4. The third-order valence-electron chi connectivity index (χ3n) is 3.16. The molecule has 0 saturated carbocycles. The molecule has 0 fully saturated rings. The average molecular weight is 288 g/mol. The number of rotatable bonds is 13. The number of hydrogen-bond donors (Lipinski definition) is 2. The Labute approximate surface area is 121 Å². The van der Waals surface area contributed by atoms with Gasteiger partial charge in [0.15, 0.2) is 0 Å². The standard InChI is InChI=1S/C15H28O5/c1-13(8-4-2-3-7-11-16)12-20-15(19)10-6-5-9-14(17)18/h13,16H,2-12H2,1H3,(H,17,18).